The van der Waals surface area contributed by atoms with Crippen molar-refractivity contribution in [3.05, 3.63) is 86.1 Å². The summed E-state index contributed by atoms with van der Waals surface area (Å²) in [5.41, 5.74) is 4.13. The number of hydrogen-bond donors (Lipinski definition) is 1. The normalized spacial score (nSPS) is 14.3. The van der Waals surface area contributed by atoms with E-state index in [1.807, 2.05) is 60.9 Å². The molecule has 4 aromatic rings. The van der Waals surface area contributed by atoms with Crippen molar-refractivity contribution in [2.24, 2.45) is 14.1 Å². The lowest BCUT2D eigenvalue weighted by Gasteiger charge is -2.35. The second-order valence-corrected chi connectivity index (χ2v) is 10.0. The fraction of sp³-hybridized carbons (Fsp3) is 0.357. The van der Waals surface area contributed by atoms with Crippen LogP contribution in [0, 0.1) is 13.8 Å². The van der Waals surface area contributed by atoms with Crippen LogP contribution in [0.1, 0.15) is 16.7 Å². The van der Waals surface area contributed by atoms with Gasteiger partial charge in [0, 0.05) is 46.0 Å². The van der Waals surface area contributed by atoms with Gasteiger partial charge in [-0.1, -0.05) is 47.5 Å². The van der Waals surface area contributed by atoms with Crippen molar-refractivity contribution in [2.75, 3.05) is 42.9 Å². The highest BCUT2D eigenvalue weighted by Gasteiger charge is 2.26. The summed E-state index contributed by atoms with van der Waals surface area (Å²) in [7, 11) is 3.14. The number of rotatable bonds is 6. The molecule has 0 spiro atoms. The van der Waals surface area contributed by atoms with Gasteiger partial charge in [-0.3, -0.25) is 28.2 Å². The number of imidazole rings is 1. The molecule has 2 aromatic carbocycles. The lowest BCUT2D eigenvalue weighted by Crippen LogP contribution is -2.49. The van der Waals surface area contributed by atoms with Crippen molar-refractivity contribution in [1.29, 1.82) is 0 Å². The standard InChI is InChI=1S/C28H33N7O3/c1-19-8-10-22(11-9-19)29-23(36)18-33-12-14-34(15-13-33)27-30-25-24(26(37)32(4)28(38)31(25)3)35(27)17-21-7-5-6-20(2)16-21/h5-11,16H,12-15,17-18H2,1-4H3,(H,29,36). The number of amides is 1. The summed E-state index contributed by atoms with van der Waals surface area (Å²) >= 11 is 0. The summed E-state index contributed by atoms with van der Waals surface area (Å²) in [6.45, 7) is 7.44. The van der Waals surface area contributed by atoms with Gasteiger partial charge in [0.15, 0.2) is 11.2 Å². The van der Waals surface area contributed by atoms with Gasteiger partial charge in [0.2, 0.25) is 11.9 Å². The average Bonchev–Trinajstić information content (AvgIpc) is 3.27. The van der Waals surface area contributed by atoms with Crippen LogP contribution in [-0.2, 0) is 25.4 Å². The zero-order chi connectivity index (χ0) is 27.0. The average molecular weight is 516 g/mol. The molecule has 10 heteroatoms. The molecule has 0 unspecified atom stereocenters. The number of nitrogens with zero attached hydrogens (tertiary/aromatic N) is 6. The Morgan fingerprint density at radius 3 is 2.32 bits per heavy atom. The number of anilines is 2. The predicted octanol–water partition coefficient (Wildman–Crippen LogP) is 1.86. The number of carbonyl (C=O) groups excluding carboxylic acids is 1. The van der Waals surface area contributed by atoms with E-state index in [-0.39, 0.29) is 11.5 Å². The number of fused-ring (bicyclic) bond motifs is 1. The predicted molar refractivity (Wildman–Crippen MR) is 149 cm³/mol. The Morgan fingerprint density at radius 2 is 1.63 bits per heavy atom. The Hall–Kier alpha value is -4.18. The van der Waals surface area contributed by atoms with Crippen LogP contribution in [0.3, 0.4) is 0 Å². The van der Waals surface area contributed by atoms with Gasteiger partial charge >= 0.3 is 5.69 Å². The molecule has 1 N–H and O–H groups in total. The minimum absolute atomic E-state index is 0.0486. The molecule has 0 bridgehead atoms. The van der Waals surface area contributed by atoms with E-state index in [4.69, 9.17) is 4.98 Å². The van der Waals surface area contributed by atoms with Gasteiger partial charge < -0.3 is 10.2 Å². The van der Waals surface area contributed by atoms with Crippen molar-refractivity contribution in [3.8, 4) is 0 Å². The SMILES string of the molecule is Cc1ccc(NC(=O)CN2CCN(c3nc4c(c(=O)n(C)c(=O)n4C)n3Cc3cccc(C)c3)CC2)cc1. The van der Waals surface area contributed by atoms with Crippen LogP contribution in [0.4, 0.5) is 11.6 Å². The van der Waals surface area contributed by atoms with E-state index in [9.17, 15) is 14.4 Å². The highest BCUT2D eigenvalue weighted by Crippen LogP contribution is 2.23. The van der Waals surface area contributed by atoms with E-state index in [0.717, 1.165) is 26.9 Å². The van der Waals surface area contributed by atoms with E-state index in [1.165, 1.54) is 11.6 Å². The van der Waals surface area contributed by atoms with Crippen LogP contribution in [-0.4, -0.2) is 62.2 Å². The lowest BCUT2D eigenvalue weighted by atomic mass is 10.1. The van der Waals surface area contributed by atoms with Crippen LogP contribution in [0.15, 0.2) is 58.1 Å². The first-order chi connectivity index (χ1) is 18.2. The molecular formula is C28H33N7O3. The minimum Gasteiger partial charge on any atom is -0.340 e. The van der Waals surface area contributed by atoms with Crippen molar-refractivity contribution >= 4 is 28.7 Å². The zero-order valence-corrected chi connectivity index (χ0v) is 22.3. The Labute approximate surface area is 220 Å². The summed E-state index contributed by atoms with van der Waals surface area (Å²) in [5.74, 6) is 0.607. The topological polar surface area (TPSA) is 97.4 Å². The molecule has 38 heavy (non-hydrogen) atoms. The molecule has 0 radical (unpaired) electrons. The van der Waals surface area contributed by atoms with Gasteiger partial charge in [-0.2, -0.15) is 4.98 Å². The lowest BCUT2D eigenvalue weighted by molar-refractivity contribution is -0.117. The molecule has 5 rings (SSSR count). The molecule has 10 nitrogen and oxygen atoms in total. The third kappa shape index (κ3) is 4.99. The fourth-order valence-corrected chi connectivity index (χ4v) is 4.97. The van der Waals surface area contributed by atoms with Gasteiger partial charge in [0.05, 0.1) is 13.1 Å². The first-order valence-corrected chi connectivity index (χ1v) is 12.8. The maximum atomic E-state index is 13.2. The summed E-state index contributed by atoms with van der Waals surface area (Å²) in [6, 6.07) is 15.9. The van der Waals surface area contributed by atoms with E-state index in [1.54, 1.807) is 7.05 Å². The molecule has 198 valence electrons. The second-order valence-electron chi connectivity index (χ2n) is 10.0. The molecular weight excluding hydrogens is 482 g/mol. The van der Waals surface area contributed by atoms with Gasteiger partial charge in [-0.25, -0.2) is 4.79 Å². The number of benzene rings is 2. The molecule has 3 heterocycles. The zero-order valence-electron chi connectivity index (χ0n) is 22.3. The molecule has 2 aromatic heterocycles. The van der Waals surface area contributed by atoms with Gasteiger partial charge in [0.1, 0.15) is 0 Å². The highest BCUT2D eigenvalue weighted by atomic mass is 16.2. The van der Waals surface area contributed by atoms with Crippen molar-refractivity contribution in [1.82, 2.24) is 23.6 Å². The Bertz CT molecular complexity index is 1610. The van der Waals surface area contributed by atoms with Crippen LogP contribution in [0.2, 0.25) is 0 Å². The first-order valence-electron chi connectivity index (χ1n) is 12.8. The Balaban J connectivity index is 1.39. The van der Waals surface area contributed by atoms with Crippen LogP contribution in [0.25, 0.3) is 11.2 Å². The number of nitrogens with one attached hydrogen (secondary N) is 1. The monoisotopic (exact) mass is 515 g/mol. The molecule has 0 atom stereocenters. The number of aromatic nitrogens is 4. The molecule has 1 saturated heterocycles. The van der Waals surface area contributed by atoms with Gasteiger partial charge in [-0.15, -0.1) is 0 Å². The minimum atomic E-state index is -0.404. The van der Waals surface area contributed by atoms with Crippen molar-refractivity contribution in [2.45, 2.75) is 20.4 Å². The number of hydrogen-bond acceptors (Lipinski definition) is 6. The Kier molecular flexibility index (Phi) is 6.90. The van der Waals surface area contributed by atoms with Crippen LogP contribution < -0.4 is 21.5 Å². The molecule has 1 aliphatic rings. The summed E-state index contributed by atoms with van der Waals surface area (Å²) in [4.78, 5) is 47.5. The number of carbonyl (C=O) groups is 1. The summed E-state index contributed by atoms with van der Waals surface area (Å²) < 4.78 is 4.48. The maximum absolute atomic E-state index is 13.2. The molecule has 0 aliphatic carbocycles. The smallest absolute Gasteiger partial charge is 0.332 e. The van der Waals surface area contributed by atoms with Gasteiger partial charge in [0.25, 0.3) is 5.56 Å². The van der Waals surface area contributed by atoms with Crippen molar-refractivity contribution < 1.29 is 4.79 Å². The largest absolute Gasteiger partial charge is 0.340 e. The number of piperazine rings is 1. The van der Waals surface area contributed by atoms with Crippen LogP contribution in [0.5, 0.6) is 0 Å². The van der Waals surface area contributed by atoms with E-state index < -0.39 is 5.69 Å². The number of aryl methyl sites for hydroxylation is 3. The van der Waals surface area contributed by atoms with E-state index in [0.29, 0.717) is 56.4 Å². The van der Waals surface area contributed by atoms with Crippen LogP contribution >= 0.6 is 0 Å². The molecule has 0 saturated carbocycles. The summed E-state index contributed by atoms with van der Waals surface area (Å²) in [5, 5.41) is 2.96. The quantitative estimate of drug-likeness (QED) is 0.421. The van der Waals surface area contributed by atoms with Gasteiger partial charge in [-0.05, 0) is 31.5 Å². The Morgan fingerprint density at radius 1 is 0.921 bits per heavy atom. The third-order valence-corrected chi connectivity index (χ3v) is 7.11. The van der Waals surface area contributed by atoms with Crippen molar-refractivity contribution in [3.63, 3.8) is 0 Å². The highest BCUT2D eigenvalue weighted by molar-refractivity contribution is 5.92. The molecule has 1 aliphatic heterocycles. The fourth-order valence-electron chi connectivity index (χ4n) is 4.97. The second kappa shape index (κ2) is 10.3. The molecule has 1 amide bonds. The third-order valence-electron chi connectivity index (χ3n) is 7.11. The summed E-state index contributed by atoms with van der Waals surface area (Å²) in [6.07, 6.45) is 0. The van der Waals surface area contributed by atoms with E-state index in [2.05, 4.69) is 21.2 Å². The van der Waals surface area contributed by atoms with E-state index >= 15 is 0 Å². The maximum Gasteiger partial charge on any atom is 0.332 e. The first kappa shape index (κ1) is 25.5. The molecule has 1 fully saturated rings.